The first-order valence-electron chi connectivity index (χ1n) is 28.0. The van der Waals surface area contributed by atoms with Crippen LogP contribution in [0.5, 0.6) is 46.0 Å². The maximum Gasteiger partial charge on any atom is 0.330 e. The molecule has 0 unspecified atom stereocenters. The summed E-state index contributed by atoms with van der Waals surface area (Å²) in [7, 11) is 1.50. The monoisotopic (exact) mass is 1280 g/mol. The van der Waals surface area contributed by atoms with E-state index in [2.05, 4.69) is 37.2 Å². The van der Waals surface area contributed by atoms with Gasteiger partial charge in [0, 0.05) is 29.2 Å². The Morgan fingerprint density at radius 1 is 0.733 bits per heavy atom. The molecule has 1 saturated heterocycles. The molecule has 90 heavy (non-hydrogen) atoms. The molecule has 30 heteroatoms. The SMILES string of the molecule is CN[C@H](CC(C)C)C(=O)N[C@H]1C(=O)N[C@@H](CC(N)=O)C(=O)N[C@H]2C(=O)N[C@H]3C(=O)N[C@H](C(=O)N[C@H](C(=O)O)c4cc(O)cc(O)c4-c4cc3ccc4O)[C@H](O[C@H]3C[C@](C)(N)C(=O)[C@H](C)O3)c3ccc(c(Cl)c3)Oc3cc2cc(c3O)Oc2ccc(cc2Cl)[C@H]1O. The molecule has 0 radical (unpaired) electrons. The molecule has 6 heterocycles. The number of amides is 7. The van der Waals surface area contributed by atoms with Crippen LogP contribution < -0.4 is 58.2 Å². The van der Waals surface area contributed by atoms with Crippen LogP contribution in [0.25, 0.3) is 11.1 Å². The molecule has 0 saturated carbocycles. The minimum Gasteiger partial charge on any atom is -0.508 e. The Balaban J connectivity index is 1.29. The van der Waals surface area contributed by atoms with E-state index in [4.69, 9.17) is 53.6 Å². The third-order valence-corrected chi connectivity index (χ3v) is 16.1. The minimum atomic E-state index is -2.23. The van der Waals surface area contributed by atoms with Gasteiger partial charge in [0.25, 0.3) is 0 Å². The van der Waals surface area contributed by atoms with Crippen LogP contribution in [0, 0.1) is 5.92 Å². The number of aliphatic hydroxyl groups is 1. The quantitative estimate of drug-likeness (QED) is 0.0956. The van der Waals surface area contributed by atoms with Gasteiger partial charge < -0.3 is 98.3 Å². The Labute approximate surface area is 521 Å². The van der Waals surface area contributed by atoms with Crippen LogP contribution in [0.4, 0.5) is 0 Å². The lowest BCUT2D eigenvalue weighted by atomic mass is 9.88. The van der Waals surface area contributed by atoms with Crippen LogP contribution in [0.15, 0.2) is 78.9 Å². The molecule has 11 bridgehead atoms. The molecule has 476 valence electrons. The number of rotatable bonds is 10. The van der Waals surface area contributed by atoms with E-state index in [1.165, 1.54) is 57.3 Å². The summed E-state index contributed by atoms with van der Waals surface area (Å²) in [6, 6.07) is 0.629. The number of phenols is 4. The van der Waals surface area contributed by atoms with Gasteiger partial charge in [0.1, 0.15) is 77.3 Å². The van der Waals surface area contributed by atoms with Gasteiger partial charge in [-0.25, -0.2) is 4.79 Å². The Morgan fingerprint density at radius 3 is 1.93 bits per heavy atom. The van der Waals surface area contributed by atoms with Crippen LogP contribution in [0.3, 0.4) is 0 Å². The standard InChI is InChI=1S/C60H63Cl2N9O19/c1-22(2)12-33(65-5)53(79)70-47-49(76)25-7-10-37(31(61)14-25)88-39-16-27-17-40(50(39)77)89-38-11-8-26(15-32(38)62)51(90-42-21-60(4,64)52(78)23(3)87-42)48-58(84)69-46(59(85)86)30-18-28(72)19-36(74)43(30)29-13-24(6-9-35(29)73)44(55(81)71-48)68-56(82)45(27)67-54(80)34(20-41(63)75)66-57(47)83/h6-11,13-19,22-23,33-34,42,44-49,51,65,72-74,76-77H,12,20-21,64H2,1-5H3,(H2,63,75)(H,66,83)(H,67,80)(H,68,82)(H,69,84)(H,70,79)(H,71,81)(H,85,86)/t23-,33+,34-,42-,44+,45+,46-,47+,48-,49+,51+,60-/m0/s1. The maximum atomic E-state index is 15.7. The number of ketones is 1. The van der Waals surface area contributed by atoms with Crippen molar-refractivity contribution in [1.29, 1.82) is 0 Å². The van der Waals surface area contributed by atoms with Crippen molar-refractivity contribution in [3.8, 4) is 57.1 Å². The number of carboxylic acids is 1. The van der Waals surface area contributed by atoms with Crippen LogP contribution >= 0.6 is 23.2 Å². The van der Waals surface area contributed by atoms with E-state index in [9.17, 15) is 54.6 Å². The van der Waals surface area contributed by atoms with Crippen molar-refractivity contribution in [3.05, 3.63) is 117 Å². The predicted octanol–water partition coefficient (Wildman–Crippen LogP) is 2.84. The number of likely N-dealkylation sites (N-methyl/N-ethyl adjacent to an activating group) is 1. The van der Waals surface area contributed by atoms with Gasteiger partial charge in [0.2, 0.25) is 47.1 Å². The first-order valence-corrected chi connectivity index (χ1v) is 28.7. The predicted molar refractivity (Wildman–Crippen MR) is 316 cm³/mol. The average molecular weight is 1290 g/mol. The summed E-state index contributed by atoms with van der Waals surface area (Å²) in [5.41, 5.74) is 8.21. The van der Waals surface area contributed by atoms with Crippen LogP contribution in [-0.4, -0.2) is 133 Å². The number of nitrogens with one attached hydrogen (secondary N) is 7. The molecule has 17 N–H and O–H groups in total. The topological polar surface area (TPSA) is 448 Å². The molecule has 0 aromatic heterocycles. The number of aromatic hydroxyl groups is 4. The van der Waals surface area contributed by atoms with E-state index in [1.54, 1.807) is 0 Å². The lowest BCUT2D eigenvalue weighted by Gasteiger charge is -2.40. The van der Waals surface area contributed by atoms with Crippen LogP contribution in [-0.2, 0) is 52.6 Å². The van der Waals surface area contributed by atoms with E-state index in [0.29, 0.717) is 0 Å². The lowest BCUT2D eigenvalue weighted by Crippen LogP contribution is -2.59. The molecule has 0 spiro atoms. The number of fused-ring (bicyclic) bond motifs is 15. The van der Waals surface area contributed by atoms with Crippen molar-refractivity contribution in [1.82, 2.24) is 37.2 Å². The highest BCUT2D eigenvalue weighted by Gasteiger charge is 2.47. The number of nitrogens with two attached hydrogens (primary N) is 2. The number of carboxylic acid groups (broad SMARTS) is 1. The number of primary amides is 1. The fourth-order valence-electron chi connectivity index (χ4n) is 11.0. The summed E-state index contributed by atoms with van der Waals surface area (Å²) in [5.74, 6) is -15.7. The third kappa shape index (κ3) is 13.6. The molecule has 11 rings (SSSR count). The zero-order valence-corrected chi connectivity index (χ0v) is 50.0. The third-order valence-electron chi connectivity index (χ3n) is 15.5. The summed E-state index contributed by atoms with van der Waals surface area (Å²) in [4.78, 5) is 130. The normalized spacial score (nSPS) is 25.6. The highest BCUT2D eigenvalue weighted by atomic mass is 35.5. The number of Topliss-reactive ketones (excluding diaryl/α,β-unsaturated/α-hetero) is 1. The molecule has 12 atom stereocenters. The summed E-state index contributed by atoms with van der Waals surface area (Å²) < 4.78 is 25.0. The summed E-state index contributed by atoms with van der Waals surface area (Å²) in [6.07, 6.45) is -7.66. The smallest absolute Gasteiger partial charge is 0.330 e. The van der Waals surface area contributed by atoms with Crippen LogP contribution in [0.2, 0.25) is 10.0 Å². The number of aliphatic hydroxyl groups excluding tert-OH is 1. The number of phenolic OH excluding ortho intramolecular Hbond substituents is 4. The second-order valence-electron chi connectivity index (χ2n) is 22.7. The highest BCUT2D eigenvalue weighted by Crippen LogP contribution is 2.48. The van der Waals surface area contributed by atoms with Gasteiger partial charge in [-0.2, -0.15) is 0 Å². The zero-order chi connectivity index (χ0) is 65.5. The highest BCUT2D eigenvalue weighted by molar-refractivity contribution is 6.32. The molecule has 28 nitrogen and oxygen atoms in total. The first-order chi connectivity index (χ1) is 42.4. The van der Waals surface area contributed by atoms with Gasteiger partial charge in [-0.1, -0.05) is 55.2 Å². The van der Waals surface area contributed by atoms with Gasteiger partial charge in [0.05, 0.1) is 28.0 Å². The number of carbonyl (C=O) groups is 9. The number of aliphatic carboxylic acids is 1. The number of carbonyl (C=O) groups excluding carboxylic acids is 8. The van der Waals surface area contributed by atoms with Gasteiger partial charge in [-0.15, -0.1) is 0 Å². The fraction of sp³-hybridized carbons (Fsp3) is 0.350. The lowest BCUT2D eigenvalue weighted by molar-refractivity contribution is -0.223. The largest absolute Gasteiger partial charge is 0.508 e. The van der Waals surface area contributed by atoms with Crippen molar-refractivity contribution < 1.29 is 92.7 Å². The Bertz CT molecular complexity index is 3770. The Morgan fingerprint density at radius 2 is 1.33 bits per heavy atom. The number of halogens is 2. The second-order valence-corrected chi connectivity index (χ2v) is 23.5. The summed E-state index contributed by atoms with van der Waals surface area (Å²) in [6.45, 7) is 6.46. The summed E-state index contributed by atoms with van der Waals surface area (Å²) >= 11 is 13.8. The molecule has 1 fully saturated rings. The minimum absolute atomic E-state index is 0.0500. The second kappa shape index (κ2) is 26.0. The Kier molecular flexibility index (Phi) is 18.9. The molecule has 0 aliphatic carbocycles. The van der Waals surface area contributed by atoms with E-state index in [0.717, 1.165) is 42.5 Å². The average Bonchev–Trinajstić information content (AvgIpc) is 0.826. The van der Waals surface area contributed by atoms with Gasteiger partial charge in [-0.3, -0.25) is 38.4 Å². The van der Waals surface area contributed by atoms with E-state index >= 15 is 19.2 Å². The number of ether oxygens (including phenoxy) is 4. The van der Waals surface area contributed by atoms with Gasteiger partial charge >= 0.3 is 5.97 Å². The zero-order valence-electron chi connectivity index (χ0n) is 48.5. The molecular weight excluding hydrogens is 1220 g/mol. The van der Waals surface area contributed by atoms with Gasteiger partial charge in [0.15, 0.2) is 29.6 Å². The molecule has 6 aliphatic rings. The van der Waals surface area contributed by atoms with E-state index in [-0.39, 0.29) is 62.6 Å². The van der Waals surface area contributed by atoms with Crippen molar-refractivity contribution in [2.75, 3.05) is 7.05 Å². The molecule has 5 aromatic rings. The van der Waals surface area contributed by atoms with Crippen molar-refractivity contribution in [2.45, 2.75) is 119 Å². The summed E-state index contributed by atoms with van der Waals surface area (Å²) in [5, 5.41) is 85.9. The number of benzene rings is 5. The van der Waals surface area contributed by atoms with Crippen molar-refractivity contribution >= 4 is 76.3 Å². The van der Waals surface area contributed by atoms with E-state index < -0.39 is 183 Å². The molecule has 6 aliphatic heterocycles. The van der Waals surface area contributed by atoms with Crippen molar-refractivity contribution in [3.63, 3.8) is 0 Å². The number of hydrogen-bond donors (Lipinski definition) is 15. The Hall–Kier alpha value is -9.29. The number of hydrogen-bond acceptors (Lipinski definition) is 20. The molecule has 5 aromatic carbocycles. The molecule has 7 amide bonds. The van der Waals surface area contributed by atoms with Gasteiger partial charge in [-0.05, 0) is 110 Å². The van der Waals surface area contributed by atoms with Crippen LogP contribution in [0.1, 0.15) is 105 Å². The fourth-order valence-corrected chi connectivity index (χ4v) is 11.4. The first kappa shape index (κ1) is 65.2. The maximum absolute atomic E-state index is 15.7. The van der Waals surface area contributed by atoms with Crippen molar-refractivity contribution in [2.24, 2.45) is 17.4 Å². The molecular formula is C60H63Cl2N9O19. The van der Waals surface area contributed by atoms with E-state index in [1.807, 2.05) is 13.8 Å².